The molecule has 0 aromatic heterocycles. The van der Waals surface area contributed by atoms with Crippen LogP contribution < -0.4 is 0 Å². The second-order valence-corrected chi connectivity index (χ2v) is 29.7. The molecule has 0 rings (SSSR count). The third-order valence-corrected chi connectivity index (χ3v) is 18.4. The Morgan fingerprint density at radius 2 is 0.459 bits per heavy atom. The minimum atomic E-state index is -4.96. The molecule has 0 fully saturated rings. The van der Waals surface area contributed by atoms with Gasteiger partial charge in [-0.3, -0.25) is 32.5 Å². The smallest absolute Gasteiger partial charge is 0.463 e. The topological polar surface area (TPSA) is 231 Å². The maximum atomic E-state index is 13.0. The fraction of sp³-hybridized carbons (Fsp3) is 0.593. The fourth-order valence-electron chi connectivity index (χ4n) is 10.3. The van der Waals surface area contributed by atoms with Crippen LogP contribution in [-0.2, 0) is 55.8 Å². The van der Waals surface area contributed by atoms with E-state index in [1.54, 1.807) is 0 Å². The molecule has 4 N–H and O–H groups in total. The van der Waals surface area contributed by atoms with Crippen LogP contribution in [0, 0.1) is 0 Å². The van der Waals surface area contributed by atoms with Gasteiger partial charge in [0, 0.05) is 19.3 Å². The highest BCUT2D eigenvalue weighted by Crippen LogP contribution is 2.45. The molecule has 0 aromatic rings. The van der Waals surface area contributed by atoms with Crippen LogP contribution in [0.15, 0.2) is 207 Å². The van der Waals surface area contributed by atoms with Crippen molar-refractivity contribution in [2.24, 2.45) is 0 Å². The van der Waals surface area contributed by atoms with Crippen molar-refractivity contribution in [3.8, 4) is 0 Å². The quantitative estimate of drug-likeness (QED) is 0.0146. The molecule has 0 spiro atoms. The van der Waals surface area contributed by atoms with E-state index in [2.05, 4.69) is 227 Å². The molecule has 16 nitrogen and oxygen atoms in total. The van der Waals surface area contributed by atoms with E-state index in [1.807, 2.05) is 0 Å². The second kappa shape index (κ2) is 81.6. The Hall–Kier alpha value is -5.87. The van der Waals surface area contributed by atoms with E-state index in [-0.39, 0.29) is 19.3 Å². The number of carbonyl (C=O) groups excluding carboxylic acids is 3. The van der Waals surface area contributed by atoms with E-state index in [1.165, 1.54) is 19.3 Å². The molecule has 0 bridgehead atoms. The lowest BCUT2D eigenvalue weighted by molar-refractivity contribution is -0.161. The zero-order chi connectivity index (χ0) is 79.4. The van der Waals surface area contributed by atoms with Gasteiger partial charge in [-0.05, 0) is 167 Å². The zero-order valence-corrected chi connectivity index (χ0v) is 69.2. The Morgan fingerprint density at radius 1 is 0.257 bits per heavy atom. The van der Waals surface area contributed by atoms with Gasteiger partial charge in [0.1, 0.15) is 25.4 Å². The number of allylic oxidation sites excluding steroid dienone is 34. The summed E-state index contributed by atoms with van der Waals surface area (Å²) in [7, 11) is -9.83. The van der Waals surface area contributed by atoms with Gasteiger partial charge >= 0.3 is 33.6 Å². The molecule has 0 radical (unpaired) electrons. The number of aliphatic hydroxyl groups excluding tert-OH is 2. The highest BCUT2D eigenvalue weighted by Gasteiger charge is 2.29. The van der Waals surface area contributed by atoms with Crippen LogP contribution >= 0.6 is 15.6 Å². The van der Waals surface area contributed by atoms with Gasteiger partial charge in [0.25, 0.3) is 0 Å². The Morgan fingerprint density at radius 3 is 0.725 bits per heavy atom. The number of carbonyl (C=O) groups is 3. The average Bonchev–Trinajstić information content (AvgIpc) is 0.902. The normalized spacial score (nSPS) is 15.0. The van der Waals surface area contributed by atoms with Crippen molar-refractivity contribution in [3.63, 3.8) is 0 Å². The van der Waals surface area contributed by atoms with E-state index < -0.39 is 91.5 Å². The number of phosphoric ester groups is 2. The second-order valence-electron chi connectivity index (χ2n) is 26.8. The molecule has 0 aliphatic carbocycles. The molecule has 5 unspecified atom stereocenters. The van der Waals surface area contributed by atoms with Crippen LogP contribution in [0.25, 0.3) is 0 Å². The minimum Gasteiger partial charge on any atom is -0.463 e. The Labute approximate surface area is 660 Å². The van der Waals surface area contributed by atoms with Crippen molar-refractivity contribution in [1.82, 2.24) is 0 Å². The van der Waals surface area contributed by atoms with Crippen LogP contribution in [0.2, 0.25) is 0 Å². The standard InChI is InChI=1S/C91H146O16P2/c1-4-7-10-13-16-19-22-25-28-31-34-37-39-41-42-44-46-48-50-53-56-59-62-65-68-71-74-77-89(94)101-80-86(92)81-103-108(97,98)104-82-87(93)83-105-109(99,100)106-85-88(107-91(96)79-76-73-70-67-64-61-58-55-52-47-36-33-30-27-24-21-18-15-12-9-6-3)84-102-90(95)78-75-72-69-66-63-60-57-54-51-49-45-43-40-38-35-32-29-26-23-20-17-14-11-8-5-2/h7-12,16-21,25-30,34-38,41-43,45-48,51,54-55,58,86-88,92-93H,4-6,13-15,22-24,31-33,39-40,44,49-50,52-53,56-57,59-85H2,1-3H3,(H,97,98)(H,99,100)/b10-7-,11-8-,12-9-,19-16-,20-17-,21-18-,28-25-,29-26-,30-27-,37-34-,38-35-,42-41-,45-43-,47-36-,48-46-,54-51-,58-55-. The molecule has 0 saturated carbocycles. The Bertz CT molecular complexity index is 2810. The number of aliphatic hydroxyl groups is 2. The first-order valence-corrected chi connectivity index (χ1v) is 44.4. The van der Waals surface area contributed by atoms with Crippen LogP contribution in [-0.4, -0.2) is 95.9 Å². The minimum absolute atomic E-state index is 0.0697. The maximum Gasteiger partial charge on any atom is 0.472 e. The van der Waals surface area contributed by atoms with Crippen molar-refractivity contribution >= 4 is 33.6 Å². The summed E-state index contributed by atoms with van der Waals surface area (Å²) in [5.74, 6) is -1.63. The first kappa shape index (κ1) is 103. The van der Waals surface area contributed by atoms with Gasteiger partial charge in [-0.1, -0.05) is 311 Å². The van der Waals surface area contributed by atoms with Crippen molar-refractivity contribution in [1.29, 1.82) is 0 Å². The predicted octanol–water partition coefficient (Wildman–Crippen LogP) is 24.9. The molecule has 18 heteroatoms. The van der Waals surface area contributed by atoms with Gasteiger partial charge < -0.3 is 34.2 Å². The lowest BCUT2D eigenvalue weighted by atomic mass is 10.1. The molecule has 0 saturated heterocycles. The lowest BCUT2D eigenvalue weighted by Crippen LogP contribution is -2.30. The molecule has 0 aliphatic heterocycles. The predicted molar refractivity (Wildman–Crippen MR) is 454 cm³/mol. The van der Waals surface area contributed by atoms with Gasteiger partial charge in [-0.25, -0.2) is 9.13 Å². The lowest BCUT2D eigenvalue weighted by Gasteiger charge is -2.21. The molecule has 0 amide bonds. The summed E-state index contributed by atoms with van der Waals surface area (Å²) >= 11 is 0. The van der Waals surface area contributed by atoms with Gasteiger partial charge in [0.2, 0.25) is 0 Å². The largest absolute Gasteiger partial charge is 0.472 e. The summed E-state index contributed by atoms with van der Waals surface area (Å²) in [5, 5.41) is 20.7. The molecular weight excluding hydrogens is 1410 g/mol. The first-order chi connectivity index (χ1) is 53.2. The summed E-state index contributed by atoms with van der Waals surface area (Å²) in [6.45, 7) is 2.27. The van der Waals surface area contributed by atoms with Gasteiger partial charge in [0.15, 0.2) is 6.10 Å². The summed E-state index contributed by atoms with van der Waals surface area (Å²) in [6.07, 6.45) is 109. The number of unbranched alkanes of at least 4 members (excludes halogenated alkanes) is 19. The molecular formula is C91H146O16P2. The van der Waals surface area contributed by atoms with Gasteiger partial charge in [0.05, 0.1) is 26.4 Å². The monoisotopic (exact) mass is 1560 g/mol. The highest BCUT2D eigenvalue weighted by molar-refractivity contribution is 7.47. The van der Waals surface area contributed by atoms with Crippen molar-refractivity contribution in [3.05, 3.63) is 207 Å². The fourth-order valence-corrected chi connectivity index (χ4v) is 11.9. The molecule has 0 aliphatic rings. The van der Waals surface area contributed by atoms with Crippen molar-refractivity contribution in [2.75, 3.05) is 39.6 Å². The van der Waals surface area contributed by atoms with Crippen LogP contribution in [0.3, 0.4) is 0 Å². The van der Waals surface area contributed by atoms with Crippen LogP contribution in [0.4, 0.5) is 0 Å². The summed E-state index contributed by atoms with van der Waals surface area (Å²) < 4.78 is 61.3. The van der Waals surface area contributed by atoms with E-state index in [0.717, 1.165) is 212 Å². The summed E-state index contributed by atoms with van der Waals surface area (Å²) in [6, 6.07) is 0. The highest BCUT2D eigenvalue weighted by atomic mass is 31.2. The van der Waals surface area contributed by atoms with E-state index in [4.69, 9.17) is 32.3 Å². The van der Waals surface area contributed by atoms with Crippen LogP contribution in [0.1, 0.15) is 290 Å². The van der Waals surface area contributed by atoms with E-state index in [0.29, 0.717) is 19.3 Å². The number of hydrogen-bond acceptors (Lipinski definition) is 14. The maximum absolute atomic E-state index is 13.0. The van der Waals surface area contributed by atoms with Gasteiger partial charge in [-0.2, -0.15) is 0 Å². The molecule has 616 valence electrons. The SMILES string of the molecule is CC/C=C\C/C=C\C/C=C\C/C=C\C/C=C\C/C=C\CCCCCCCCCCC(=O)OCC(O)COP(=O)(O)OCC(O)COP(=O)(O)OCC(COC(=O)CCCCCCCC/C=C\C/C=C\C/C=C\C/C=C\C/C=C\C/C=C\CC)OC(=O)CCCCCCC/C=C\C/C=C\C/C=C\C/C=C\C/C=C\CC. The molecule has 0 heterocycles. The van der Waals surface area contributed by atoms with E-state index >= 15 is 0 Å². The molecule has 109 heavy (non-hydrogen) atoms. The summed E-state index contributed by atoms with van der Waals surface area (Å²) in [5.41, 5.74) is 0. The van der Waals surface area contributed by atoms with Crippen LogP contribution in [0.5, 0.6) is 0 Å². The molecule has 0 aromatic carbocycles. The zero-order valence-electron chi connectivity index (χ0n) is 67.4. The number of esters is 3. The number of hydrogen-bond donors (Lipinski definition) is 4. The number of phosphoric acid groups is 2. The van der Waals surface area contributed by atoms with Crippen molar-refractivity contribution < 1.29 is 75.8 Å². The average molecular weight is 1560 g/mol. The summed E-state index contributed by atoms with van der Waals surface area (Å²) in [4.78, 5) is 58.8. The first-order valence-electron chi connectivity index (χ1n) is 41.4. The number of rotatable bonds is 76. The number of ether oxygens (including phenoxy) is 3. The van der Waals surface area contributed by atoms with Crippen molar-refractivity contribution in [2.45, 2.75) is 309 Å². The third-order valence-electron chi connectivity index (χ3n) is 16.5. The third kappa shape index (κ3) is 82.9. The van der Waals surface area contributed by atoms with E-state index in [9.17, 15) is 43.5 Å². The Kier molecular flexibility index (Phi) is 77.2. The Balaban J connectivity index is 4.73. The van der Waals surface area contributed by atoms with Gasteiger partial charge in [-0.15, -0.1) is 0 Å². The molecule has 5 atom stereocenters.